The summed E-state index contributed by atoms with van der Waals surface area (Å²) in [5, 5.41) is 6.43. The summed E-state index contributed by atoms with van der Waals surface area (Å²) >= 11 is 0. The third-order valence-corrected chi connectivity index (χ3v) is 9.92. The Kier molecular flexibility index (Phi) is 9.20. The van der Waals surface area contributed by atoms with Crippen LogP contribution >= 0.6 is 0 Å². The van der Waals surface area contributed by atoms with Crippen molar-refractivity contribution < 1.29 is 9.53 Å². The van der Waals surface area contributed by atoms with Crippen LogP contribution in [0.5, 0.6) is 0 Å². The summed E-state index contributed by atoms with van der Waals surface area (Å²) in [5.74, 6) is -0.228. The molecule has 0 radical (unpaired) electrons. The van der Waals surface area contributed by atoms with Gasteiger partial charge in [0.05, 0.1) is 11.0 Å². The lowest BCUT2D eigenvalue weighted by atomic mass is 9.95. The largest absolute Gasteiger partial charge is 0.381 e. The number of aromatic amines is 1. The highest BCUT2D eigenvalue weighted by atomic mass is 16.5. The molecule has 244 valence electrons. The highest BCUT2D eigenvalue weighted by molar-refractivity contribution is 5.99. The van der Waals surface area contributed by atoms with E-state index in [1.54, 1.807) is 4.57 Å². The summed E-state index contributed by atoms with van der Waals surface area (Å²) in [6.07, 6.45) is 3.70. The first-order valence-electron chi connectivity index (χ1n) is 16.6. The summed E-state index contributed by atoms with van der Waals surface area (Å²) in [7, 11) is 1.84. The van der Waals surface area contributed by atoms with Gasteiger partial charge in [-0.15, -0.1) is 0 Å². The van der Waals surface area contributed by atoms with Crippen molar-refractivity contribution in [2.75, 3.05) is 37.7 Å². The van der Waals surface area contributed by atoms with E-state index in [1.807, 2.05) is 44.5 Å². The Hall–Kier alpha value is -4.15. The molecule has 2 fully saturated rings. The number of hydrogen-bond donors (Lipinski definition) is 3. The van der Waals surface area contributed by atoms with E-state index in [-0.39, 0.29) is 29.7 Å². The van der Waals surface area contributed by atoms with Crippen molar-refractivity contribution in [2.24, 2.45) is 7.05 Å². The molecule has 2 aromatic carbocycles. The number of fused-ring (bicyclic) bond motifs is 1. The number of imidazole rings is 1. The van der Waals surface area contributed by atoms with Crippen LogP contribution in [0.4, 0.5) is 5.69 Å². The predicted octanol–water partition coefficient (Wildman–Crippen LogP) is 4.48. The maximum Gasteiger partial charge on any atom is 0.329 e. The number of benzene rings is 2. The number of carbonyl (C=O) groups excluding carboxylic acids is 1. The molecule has 2 aliphatic heterocycles. The van der Waals surface area contributed by atoms with Gasteiger partial charge in [0, 0.05) is 67.9 Å². The monoisotopic (exact) mass is 626 g/mol. The molecule has 0 saturated carbocycles. The molecule has 10 nitrogen and oxygen atoms in total. The van der Waals surface area contributed by atoms with Crippen LogP contribution in [0, 0.1) is 20.8 Å². The van der Waals surface area contributed by atoms with Crippen LogP contribution in [0.2, 0.25) is 0 Å². The summed E-state index contributed by atoms with van der Waals surface area (Å²) in [5.41, 5.74) is 8.15. The maximum atomic E-state index is 13.9. The molecule has 4 heterocycles. The van der Waals surface area contributed by atoms with Gasteiger partial charge in [-0.05, 0) is 119 Å². The second kappa shape index (κ2) is 13.3. The molecule has 0 atom stereocenters. The van der Waals surface area contributed by atoms with Gasteiger partial charge < -0.3 is 25.3 Å². The van der Waals surface area contributed by atoms with E-state index >= 15 is 0 Å². The number of pyridine rings is 1. The lowest BCUT2D eigenvalue weighted by Gasteiger charge is -2.37. The number of ether oxygens (including phenoxy) is 1. The van der Waals surface area contributed by atoms with Gasteiger partial charge >= 0.3 is 5.69 Å². The normalized spacial score (nSPS) is 16.2. The molecule has 0 aliphatic carbocycles. The molecular formula is C36H46N6O4. The molecule has 0 spiro atoms. The Morgan fingerprint density at radius 1 is 0.978 bits per heavy atom. The lowest BCUT2D eigenvalue weighted by molar-refractivity contribution is 0.0846. The van der Waals surface area contributed by atoms with Crippen molar-refractivity contribution in [3.05, 3.63) is 85.2 Å². The minimum absolute atomic E-state index is 0.00164. The average Bonchev–Trinajstić information content (AvgIpc) is 3.31. The SMILES string of the molecule is CCN(c1cc(-c2ccc3c(c2)n(C)c(=O)n3C2CCNCC2)cc(C(=O)NCc2c(C)cc(C)[nH]c2=O)c1C)C1CCOCC1. The fourth-order valence-electron chi connectivity index (χ4n) is 7.35. The Balaban J connectivity index is 1.43. The molecule has 46 heavy (non-hydrogen) atoms. The second-order valence-corrected chi connectivity index (χ2v) is 12.8. The zero-order valence-electron chi connectivity index (χ0n) is 27.7. The van der Waals surface area contributed by atoms with Crippen molar-refractivity contribution in [2.45, 2.75) is 72.0 Å². The van der Waals surface area contributed by atoms with Gasteiger partial charge in [0.1, 0.15) is 0 Å². The number of nitrogens with zero attached hydrogens (tertiary/aromatic N) is 3. The number of amides is 1. The van der Waals surface area contributed by atoms with E-state index in [1.165, 1.54) is 0 Å². The van der Waals surface area contributed by atoms with Gasteiger partial charge in [-0.1, -0.05) is 6.07 Å². The van der Waals surface area contributed by atoms with Crippen molar-refractivity contribution in [1.29, 1.82) is 0 Å². The van der Waals surface area contributed by atoms with Gasteiger partial charge in [0.15, 0.2) is 0 Å². The van der Waals surface area contributed by atoms with Gasteiger partial charge in [0.25, 0.3) is 11.5 Å². The standard InChI is InChI=1S/C36H46N6O4/c1-6-41(27-11-15-46-16-12-27)32-20-26(18-29(24(32)4)34(43)38-21-30-22(2)17-23(3)39-35(30)44)25-7-8-31-33(19-25)40(5)36(45)42(31)28-9-13-37-14-10-28/h7-8,17-20,27-28,37H,6,9-16,21H2,1-5H3,(H,38,43)(H,39,44). The van der Waals surface area contributed by atoms with E-state index in [0.29, 0.717) is 17.2 Å². The molecule has 0 unspecified atom stereocenters. The highest BCUT2D eigenvalue weighted by Gasteiger charge is 2.26. The van der Waals surface area contributed by atoms with Gasteiger partial charge in [-0.25, -0.2) is 4.79 Å². The number of carbonyl (C=O) groups is 1. The molecule has 3 N–H and O–H groups in total. The minimum Gasteiger partial charge on any atom is -0.381 e. The van der Waals surface area contributed by atoms with E-state index in [0.717, 1.165) is 103 Å². The van der Waals surface area contributed by atoms with Gasteiger partial charge in [-0.3, -0.25) is 18.7 Å². The van der Waals surface area contributed by atoms with E-state index in [2.05, 4.69) is 51.7 Å². The van der Waals surface area contributed by atoms with Crippen LogP contribution in [-0.2, 0) is 18.3 Å². The maximum absolute atomic E-state index is 13.9. The van der Waals surface area contributed by atoms with E-state index in [9.17, 15) is 14.4 Å². The molecule has 10 heteroatoms. The Labute approximate surface area is 269 Å². The number of H-pyrrole nitrogens is 1. The first-order valence-corrected chi connectivity index (χ1v) is 16.6. The number of aryl methyl sites for hydroxylation is 3. The van der Waals surface area contributed by atoms with Gasteiger partial charge in [0.2, 0.25) is 0 Å². The van der Waals surface area contributed by atoms with Crippen molar-refractivity contribution in [3.63, 3.8) is 0 Å². The summed E-state index contributed by atoms with van der Waals surface area (Å²) in [6.45, 7) is 12.1. The van der Waals surface area contributed by atoms with Crippen LogP contribution in [0.15, 0.2) is 46.0 Å². The minimum atomic E-state index is -0.228. The molecule has 1 amide bonds. The molecule has 0 bridgehead atoms. The van der Waals surface area contributed by atoms with Crippen LogP contribution in [0.1, 0.15) is 71.4 Å². The molecule has 2 aromatic heterocycles. The zero-order chi connectivity index (χ0) is 32.5. The third-order valence-electron chi connectivity index (χ3n) is 9.92. The number of aromatic nitrogens is 3. The third kappa shape index (κ3) is 6.03. The quantitative estimate of drug-likeness (QED) is 0.266. The molecule has 2 aliphatic rings. The first kappa shape index (κ1) is 31.8. The summed E-state index contributed by atoms with van der Waals surface area (Å²) < 4.78 is 9.37. The fraction of sp³-hybridized carbons (Fsp3) is 0.472. The summed E-state index contributed by atoms with van der Waals surface area (Å²) in [6, 6.07) is 12.7. The van der Waals surface area contributed by atoms with Crippen molar-refractivity contribution >= 4 is 22.6 Å². The molecule has 6 rings (SSSR count). The van der Waals surface area contributed by atoms with Crippen LogP contribution in [0.25, 0.3) is 22.2 Å². The zero-order valence-corrected chi connectivity index (χ0v) is 27.7. The van der Waals surface area contributed by atoms with Crippen molar-refractivity contribution in [3.8, 4) is 11.1 Å². The molecule has 2 saturated heterocycles. The van der Waals surface area contributed by atoms with Gasteiger partial charge in [-0.2, -0.15) is 0 Å². The smallest absolute Gasteiger partial charge is 0.329 e. The molecule has 4 aromatic rings. The number of anilines is 1. The fourth-order valence-corrected chi connectivity index (χ4v) is 7.35. The number of hydrogen-bond acceptors (Lipinski definition) is 6. The summed E-state index contributed by atoms with van der Waals surface area (Å²) in [4.78, 5) is 45.3. The topological polar surface area (TPSA) is 113 Å². The number of nitrogens with one attached hydrogen (secondary N) is 3. The number of piperidine rings is 1. The highest BCUT2D eigenvalue weighted by Crippen LogP contribution is 2.35. The van der Waals surface area contributed by atoms with Crippen LogP contribution < -0.4 is 26.8 Å². The van der Waals surface area contributed by atoms with Crippen LogP contribution in [0.3, 0.4) is 0 Å². The Bertz CT molecular complexity index is 1870. The predicted molar refractivity (Wildman–Crippen MR) is 183 cm³/mol. The van der Waals surface area contributed by atoms with E-state index in [4.69, 9.17) is 4.74 Å². The second-order valence-electron chi connectivity index (χ2n) is 12.8. The Morgan fingerprint density at radius 3 is 2.41 bits per heavy atom. The van der Waals surface area contributed by atoms with Crippen LogP contribution in [-0.4, -0.2) is 58.9 Å². The van der Waals surface area contributed by atoms with Crippen molar-refractivity contribution in [1.82, 2.24) is 24.8 Å². The number of rotatable bonds is 8. The Morgan fingerprint density at radius 2 is 1.72 bits per heavy atom. The average molecular weight is 627 g/mol. The van der Waals surface area contributed by atoms with E-state index < -0.39 is 0 Å². The molecular weight excluding hydrogens is 580 g/mol. The first-order chi connectivity index (χ1) is 22.2. The lowest BCUT2D eigenvalue weighted by Crippen LogP contribution is -2.40.